The highest BCUT2D eigenvalue weighted by molar-refractivity contribution is 7.85. The minimum absolute atomic E-state index is 0.279. The highest BCUT2D eigenvalue weighted by Gasteiger charge is 2.16. The molecule has 0 bridgehead atoms. The molecule has 1 unspecified atom stereocenters. The van der Waals surface area contributed by atoms with Crippen molar-refractivity contribution in [3.8, 4) is 0 Å². The molecule has 0 saturated heterocycles. The van der Waals surface area contributed by atoms with Gasteiger partial charge in [0.15, 0.2) is 0 Å². The molecule has 140 valence electrons. The van der Waals surface area contributed by atoms with Gasteiger partial charge >= 0.3 is 0 Å². The van der Waals surface area contributed by atoms with Crippen molar-refractivity contribution in [2.24, 2.45) is 0 Å². The van der Waals surface area contributed by atoms with E-state index in [-0.39, 0.29) is 11.9 Å². The summed E-state index contributed by atoms with van der Waals surface area (Å²) in [6.07, 6.45) is 15.8. The molecule has 23 heavy (non-hydrogen) atoms. The quantitative estimate of drug-likeness (QED) is 0.283. The molecule has 0 amide bonds. The smallest absolute Gasteiger partial charge is 0.267 e. The van der Waals surface area contributed by atoms with E-state index in [0.29, 0.717) is 13.0 Å². The second-order valence-electron chi connectivity index (χ2n) is 6.50. The topological polar surface area (TPSA) is 63.6 Å². The fourth-order valence-corrected chi connectivity index (χ4v) is 3.63. The molecule has 0 radical (unpaired) electrons. The summed E-state index contributed by atoms with van der Waals surface area (Å²) in [5.74, 6) is -0.279. The maximum Gasteiger partial charge on any atom is 0.267 e. The number of ether oxygens (including phenoxy) is 1. The molecule has 0 aromatic carbocycles. The van der Waals surface area contributed by atoms with Gasteiger partial charge in [-0.2, -0.15) is 8.42 Å². The van der Waals surface area contributed by atoms with Gasteiger partial charge in [-0.15, -0.1) is 0 Å². The molecule has 1 atom stereocenters. The molecule has 1 N–H and O–H groups in total. The van der Waals surface area contributed by atoms with Crippen LogP contribution in [-0.4, -0.2) is 31.4 Å². The lowest BCUT2D eigenvalue weighted by atomic mass is 10.0. The second-order valence-corrected chi connectivity index (χ2v) is 8.00. The Balaban J connectivity index is 3.42. The van der Waals surface area contributed by atoms with E-state index in [0.717, 1.165) is 12.8 Å². The van der Waals surface area contributed by atoms with Crippen LogP contribution in [0.5, 0.6) is 0 Å². The van der Waals surface area contributed by atoms with Gasteiger partial charge < -0.3 is 4.74 Å². The van der Waals surface area contributed by atoms with Crippen LogP contribution in [0.3, 0.4) is 0 Å². The third-order valence-corrected chi connectivity index (χ3v) is 4.97. The van der Waals surface area contributed by atoms with E-state index < -0.39 is 10.1 Å². The van der Waals surface area contributed by atoms with Crippen LogP contribution in [0, 0.1) is 0 Å². The summed E-state index contributed by atoms with van der Waals surface area (Å²) in [7, 11) is -3.94. The Labute approximate surface area is 144 Å². The van der Waals surface area contributed by atoms with Crippen molar-refractivity contribution in [3.63, 3.8) is 0 Å². The van der Waals surface area contributed by atoms with E-state index >= 15 is 0 Å². The van der Waals surface area contributed by atoms with Crippen LogP contribution < -0.4 is 0 Å². The van der Waals surface area contributed by atoms with Crippen molar-refractivity contribution in [2.45, 2.75) is 103 Å². The Kier molecular flexibility index (Phi) is 15.3. The van der Waals surface area contributed by atoms with Crippen LogP contribution in [0.2, 0.25) is 0 Å². The first-order valence-corrected chi connectivity index (χ1v) is 11.2. The van der Waals surface area contributed by atoms with Crippen LogP contribution in [0.1, 0.15) is 97.3 Å². The molecule has 0 aromatic rings. The summed E-state index contributed by atoms with van der Waals surface area (Å²) >= 11 is 0. The summed E-state index contributed by atoms with van der Waals surface area (Å²) in [6.45, 7) is 4.58. The van der Waals surface area contributed by atoms with Crippen LogP contribution in [0.15, 0.2) is 0 Å². The minimum atomic E-state index is -3.94. The van der Waals surface area contributed by atoms with Crippen molar-refractivity contribution in [3.05, 3.63) is 0 Å². The Morgan fingerprint density at radius 2 is 1.22 bits per heavy atom. The maximum absolute atomic E-state index is 10.9. The van der Waals surface area contributed by atoms with Gasteiger partial charge in [-0.1, -0.05) is 84.0 Å². The van der Waals surface area contributed by atoms with Gasteiger partial charge in [-0.05, 0) is 13.3 Å². The van der Waals surface area contributed by atoms with Gasteiger partial charge in [0, 0.05) is 6.61 Å². The lowest BCUT2D eigenvalue weighted by Gasteiger charge is -2.15. The van der Waals surface area contributed by atoms with Gasteiger partial charge in [-0.25, -0.2) is 0 Å². The van der Waals surface area contributed by atoms with Gasteiger partial charge in [0.2, 0.25) is 0 Å². The third kappa shape index (κ3) is 18.1. The zero-order valence-corrected chi connectivity index (χ0v) is 16.1. The number of unbranched alkanes of at least 4 members (excludes halogenated alkanes) is 11. The molecule has 0 rings (SSSR count). The first kappa shape index (κ1) is 22.9. The average Bonchev–Trinajstić information content (AvgIpc) is 2.47. The van der Waals surface area contributed by atoms with E-state index in [1.807, 2.05) is 6.92 Å². The van der Waals surface area contributed by atoms with E-state index in [9.17, 15) is 8.42 Å². The molecule has 0 saturated carbocycles. The average molecular weight is 351 g/mol. The number of hydrogen-bond acceptors (Lipinski definition) is 3. The molecule has 5 heteroatoms. The van der Waals surface area contributed by atoms with E-state index in [2.05, 4.69) is 6.92 Å². The fourth-order valence-electron chi connectivity index (χ4n) is 2.90. The lowest BCUT2D eigenvalue weighted by molar-refractivity contribution is 0.0694. The first-order chi connectivity index (χ1) is 11.0. The van der Waals surface area contributed by atoms with Crippen LogP contribution in [-0.2, 0) is 14.9 Å². The largest absolute Gasteiger partial charge is 0.377 e. The lowest BCUT2D eigenvalue weighted by Crippen LogP contribution is -2.23. The van der Waals surface area contributed by atoms with Gasteiger partial charge in [0.1, 0.15) is 5.75 Å². The Hall–Kier alpha value is -0.130. The molecule has 0 aliphatic carbocycles. The number of rotatable bonds is 17. The molecular formula is C18H38O4S. The summed E-state index contributed by atoms with van der Waals surface area (Å²) in [4.78, 5) is 0. The van der Waals surface area contributed by atoms with E-state index in [1.165, 1.54) is 64.2 Å². The van der Waals surface area contributed by atoms with Crippen molar-refractivity contribution in [1.82, 2.24) is 0 Å². The predicted molar refractivity (Wildman–Crippen MR) is 97.5 cm³/mol. The van der Waals surface area contributed by atoms with Gasteiger partial charge in [0.25, 0.3) is 10.1 Å². The highest BCUT2D eigenvalue weighted by Crippen LogP contribution is 2.14. The molecule has 0 spiro atoms. The minimum Gasteiger partial charge on any atom is -0.377 e. The van der Waals surface area contributed by atoms with Gasteiger partial charge in [-0.3, -0.25) is 4.55 Å². The van der Waals surface area contributed by atoms with Crippen LogP contribution in [0.4, 0.5) is 0 Å². The van der Waals surface area contributed by atoms with Gasteiger partial charge in [0.05, 0.1) is 6.10 Å². The normalized spacial score (nSPS) is 13.3. The Bertz CT molecular complexity index is 341. The van der Waals surface area contributed by atoms with E-state index in [1.54, 1.807) is 0 Å². The van der Waals surface area contributed by atoms with Crippen molar-refractivity contribution < 1.29 is 17.7 Å². The number of hydrogen-bond donors (Lipinski definition) is 1. The predicted octanol–water partition coefficient (Wildman–Crippen LogP) is 5.37. The van der Waals surface area contributed by atoms with Crippen LogP contribution in [0.25, 0.3) is 0 Å². The molecular weight excluding hydrogens is 312 g/mol. The summed E-state index contributed by atoms with van der Waals surface area (Å²) < 4.78 is 36.1. The first-order valence-electron chi connectivity index (χ1n) is 9.56. The summed E-state index contributed by atoms with van der Waals surface area (Å²) in [6, 6.07) is 0. The zero-order chi connectivity index (χ0) is 17.4. The van der Waals surface area contributed by atoms with Crippen molar-refractivity contribution in [1.29, 1.82) is 0 Å². The van der Waals surface area contributed by atoms with E-state index in [4.69, 9.17) is 9.29 Å². The maximum atomic E-state index is 10.9. The Morgan fingerprint density at radius 1 is 0.783 bits per heavy atom. The molecule has 0 fully saturated rings. The molecule has 0 aromatic heterocycles. The van der Waals surface area contributed by atoms with Crippen molar-refractivity contribution >= 4 is 10.1 Å². The third-order valence-electron chi connectivity index (χ3n) is 4.18. The SMILES string of the molecule is CCCCCCCCCCCCCCC(CS(=O)(=O)O)OCC. The fraction of sp³-hybridized carbons (Fsp3) is 1.00. The zero-order valence-electron chi connectivity index (χ0n) is 15.3. The molecule has 0 aliphatic rings. The summed E-state index contributed by atoms with van der Waals surface area (Å²) in [5, 5.41) is 0. The molecule has 0 aliphatic heterocycles. The highest BCUT2D eigenvalue weighted by atomic mass is 32.2. The molecule has 4 nitrogen and oxygen atoms in total. The second kappa shape index (κ2) is 15.4. The van der Waals surface area contributed by atoms with Crippen LogP contribution >= 0.6 is 0 Å². The monoisotopic (exact) mass is 350 g/mol. The molecule has 0 heterocycles. The standard InChI is InChI=1S/C18H38O4S/c1-3-5-6-7-8-9-10-11-12-13-14-15-16-18(22-4-2)17-23(19,20)21/h18H,3-17H2,1-2H3,(H,19,20,21). The van der Waals surface area contributed by atoms with Crippen molar-refractivity contribution in [2.75, 3.05) is 12.4 Å². The summed E-state index contributed by atoms with van der Waals surface area (Å²) in [5.41, 5.74) is 0. The Morgan fingerprint density at radius 3 is 1.61 bits per heavy atom.